The second kappa shape index (κ2) is 12.1. The molecule has 0 fully saturated rings. The van der Waals surface area contributed by atoms with Gasteiger partial charge >= 0.3 is 13.6 Å². The first-order valence-electron chi connectivity index (χ1n) is 13.5. The van der Waals surface area contributed by atoms with Crippen molar-refractivity contribution in [3.8, 4) is 5.75 Å². The number of nitrogens with one attached hydrogen (secondary N) is 2. The molecular formula is C29H37FN5O7P. The van der Waals surface area contributed by atoms with Crippen molar-refractivity contribution in [1.29, 1.82) is 0 Å². The molecule has 2 N–H and O–H groups in total. The van der Waals surface area contributed by atoms with E-state index < -0.39 is 37.3 Å². The van der Waals surface area contributed by atoms with Crippen molar-refractivity contribution in [3.63, 3.8) is 0 Å². The standard InChI is InChI=1S/C29H37FN5O7P/c1-17-12-20(14-23(38-9)24(17)30)33-26-31-15-18(2)25(34-26)32-19-10-11-22-21(13-19)35(27(36)40-22)16-39-43(37,41-28(3,4)5)42-29(6,7)8/h10-15H,16H2,1-9H3,(H2,31,32,33,34). The van der Waals surface area contributed by atoms with E-state index in [0.717, 1.165) is 5.56 Å². The Balaban J connectivity index is 1.59. The number of aryl methyl sites for hydroxylation is 2. The molecule has 4 aromatic rings. The maximum atomic E-state index is 14.2. The fourth-order valence-electron chi connectivity index (χ4n) is 3.99. The number of phosphoric ester groups is 1. The molecule has 12 nitrogen and oxygen atoms in total. The van der Waals surface area contributed by atoms with Crippen molar-refractivity contribution in [2.75, 3.05) is 17.7 Å². The number of halogens is 1. The van der Waals surface area contributed by atoms with Crippen molar-refractivity contribution >= 4 is 42.1 Å². The third kappa shape index (κ3) is 8.20. The zero-order valence-corrected chi connectivity index (χ0v) is 26.6. The molecule has 0 bridgehead atoms. The highest BCUT2D eigenvalue weighted by atomic mass is 31.2. The van der Waals surface area contributed by atoms with Crippen LogP contribution in [-0.4, -0.2) is 32.8 Å². The van der Waals surface area contributed by atoms with Gasteiger partial charge in [-0.1, -0.05) is 0 Å². The summed E-state index contributed by atoms with van der Waals surface area (Å²) in [4.78, 5) is 21.6. The highest BCUT2D eigenvalue weighted by molar-refractivity contribution is 7.48. The van der Waals surface area contributed by atoms with Gasteiger partial charge in [-0.25, -0.2) is 23.3 Å². The molecule has 2 aromatic heterocycles. The van der Waals surface area contributed by atoms with Crippen LogP contribution < -0.4 is 21.1 Å². The quantitative estimate of drug-likeness (QED) is 0.173. The number of anilines is 4. The fourth-order valence-corrected chi connectivity index (χ4v) is 5.73. The Morgan fingerprint density at radius 2 is 1.65 bits per heavy atom. The molecule has 2 heterocycles. The Hall–Kier alpha value is -3.77. The van der Waals surface area contributed by atoms with Crippen molar-refractivity contribution in [1.82, 2.24) is 14.5 Å². The molecule has 43 heavy (non-hydrogen) atoms. The average Bonchev–Trinajstić information content (AvgIpc) is 3.18. The second-order valence-electron chi connectivity index (χ2n) is 11.9. The smallest absolute Gasteiger partial charge is 0.477 e. The number of methoxy groups -OCH3 is 1. The van der Waals surface area contributed by atoms with Gasteiger partial charge < -0.3 is 19.8 Å². The van der Waals surface area contributed by atoms with Gasteiger partial charge in [0.1, 0.15) is 12.5 Å². The number of oxazole rings is 1. The minimum Gasteiger partial charge on any atom is -0.494 e. The summed E-state index contributed by atoms with van der Waals surface area (Å²) in [7, 11) is -2.69. The summed E-state index contributed by atoms with van der Waals surface area (Å²) in [6.45, 7) is 13.4. The number of benzene rings is 2. The lowest BCUT2D eigenvalue weighted by molar-refractivity contribution is -0.00631. The molecule has 4 rings (SSSR count). The van der Waals surface area contributed by atoms with Crippen molar-refractivity contribution in [2.45, 2.75) is 73.3 Å². The average molecular weight is 618 g/mol. The molecule has 0 saturated heterocycles. The van der Waals surface area contributed by atoms with Gasteiger partial charge in [0.15, 0.2) is 17.1 Å². The molecule has 0 aliphatic rings. The number of nitrogens with zero attached hydrogens (tertiary/aromatic N) is 3. The van der Waals surface area contributed by atoms with Crippen LogP contribution in [0.25, 0.3) is 11.1 Å². The van der Waals surface area contributed by atoms with Gasteiger partial charge in [-0.05, 0) is 85.2 Å². The summed E-state index contributed by atoms with van der Waals surface area (Å²) in [6, 6.07) is 8.16. The Morgan fingerprint density at radius 3 is 2.28 bits per heavy atom. The van der Waals surface area contributed by atoms with Crippen LogP contribution in [0.2, 0.25) is 0 Å². The molecule has 0 spiro atoms. The molecule has 0 atom stereocenters. The third-order valence-electron chi connectivity index (χ3n) is 5.72. The van der Waals surface area contributed by atoms with Crippen LogP contribution in [0.3, 0.4) is 0 Å². The molecule has 232 valence electrons. The summed E-state index contributed by atoms with van der Waals surface area (Å²) in [6.07, 6.45) is 1.63. The first-order valence-corrected chi connectivity index (χ1v) is 14.9. The first-order chi connectivity index (χ1) is 19.9. The number of hydrogen-bond donors (Lipinski definition) is 2. The molecule has 0 aliphatic heterocycles. The summed E-state index contributed by atoms with van der Waals surface area (Å²) < 4.78 is 56.3. The predicted octanol–water partition coefficient (Wildman–Crippen LogP) is 7.35. The number of rotatable bonds is 10. The Labute approximate surface area is 249 Å². The molecule has 2 aromatic carbocycles. The number of aromatic nitrogens is 3. The predicted molar refractivity (Wildman–Crippen MR) is 162 cm³/mol. The molecule has 0 amide bonds. The maximum Gasteiger partial charge on any atom is 0.477 e. The summed E-state index contributed by atoms with van der Waals surface area (Å²) in [5.74, 6) is -0.296. The fraction of sp³-hybridized carbons (Fsp3) is 0.414. The van der Waals surface area contributed by atoms with Crippen LogP contribution in [0, 0.1) is 19.7 Å². The summed E-state index contributed by atoms with van der Waals surface area (Å²) in [5, 5.41) is 6.30. The van der Waals surface area contributed by atoms with Gasteiger partial charge in [0.05, 0.1) is 23.8 Å². The molecule has 0 radical (unpaired) electrons. The Kier molecular flexibility index (Phi) is 9.03. The largest absolute Gasteiger partial charge is 0.494 e. The zero-order valence-electron chi connectivity index (χ0n) is 25.7. The lowest BCUT2D eigenvalue weighted by Crippen LogP contribution is -2.26. The van der Waals surface area contributed by atoms with Crippen molar-refractivity contribution < 1.29 is 31.7 Å². The number of fused-ring (bicyclic) bond motifs is 1. The van der Waals surface area contributed by atoms with Crippen LogP contribution >= 0.6 is 7.82 Å². The van der Waals surface area contributed by atoms with Crippen molar-refractivity contribution in [2.24, 2.45) is 0 Å². The summed E-state index contributed by atoms with van der Waals surface area (Å²) in [5.41, 5.74) is 1.27. The van der Waals surface area contributed by atoms with Crippen LogP contribution in [0.5, 0.6) is 5.75 Å². The number of phosphoric acid groups is 1. The van der Waals surface area contributed by atoms with Gasteiger partial charge in [0.2, 0.25) is 5.95 Å². The van der Waals surface area contributed by atoms with Crippen molar-refractivity contribution in [3.05, 3.63) is 64.0 Å². The van der Waals surface area contributed by atoms with Gasteiger partial charge in [0, 0.05) is 29.2 Å². The van der Waals surface area contributed by atoms with E-state index in [4.69, 9.17) is 22.7 Å². The van der Waals surface area contributed by atoms with Gasteiger partial charge in [-0.3, -0.25) is 13.6 Å². The van der Waals surface area contributed by atoms with E-state index in [0.29, 0.717) is 33.9 Å². The van der Waals surface area contributed by atoms with Gasteiger partial charge in [-0.15, -0.1) is 0 Å². The monoisotopic (exact) mass is 617 g/mol. The third-order valence-corrected chi connectivity index (χ3v) is 7.69. The lowest BCUT2D eigenvalue weighted by atomic mass is 10.2. The SMILES string of the molecule is COc1cc(Nc2ncc(C)c(Nc3ccc4oc(=O)n(COP(=O)(OC(C)(C)C)OC(C)(C)C)c4c3)n2)cc(C)c1F. The lowest BCUT2D eigenvalue weighted by Gasteiger charge is -2.30. The molecular weight excluding hydrogens is 580 g/mol. The van der Waals surface area contributed by atoms with E-state index in [1.54, 1.807) is 78.9 Å². The topological polar surface area (TPSA) is 139 Å². The van der Waals surface area contributed by atoms with E-state index in [1.807, 2.05) is 6.92 Å². The second-order valence-corrected chi connectivity index (χ2v) is 13.4. The number of ether oxygens (including phenoxy) is 1. The molecule has 0 unspecified atom stereocenters. The summed E-state index contributed by atoms with van der Waals surface area (Å²) >= 11 is 0. The normalized spacial score (nSPS) is 12.5. The highest BCUT2D eigenvalue weighted by Gasteiger charge is 2.37. The first kappa shape index (κ1) is 32.2. The van der Waals surface area contributed by atoms with E-state index in [2.05, 4.69) is 20.6 Å². The van der Waals surface area contributed by atoms with Crippen LogP contribution in [0.1, 0.15) is 52.7 Å². The molecule has 0 saturated carbocycles. The van der Waals surface area contributed by atoms with Crippen LogP contribution in [-0.2, 0) is 24.9 Å². The van der Waals surface area contributed by atoms with E-state index in [-0.39, 0.29) is 11.7 Å². The van der Waals surface area contributed by atoms with Gasteiger partial charge in [0.25, 0.3) is 0 Å². The Morgan fingerprint density at radius 1 is 0.977 bits per heavy atom. The van der Waals surface area contributed by atoms with E-state index in [9.17, 15) is 13.8 Å². The highest BCUT2D eigenvalue weighted by Crippen LogP contribution is 2.55. The number of hydrogen-bond acceptors (Lipinski definition) is 11. The Bertz CT molecular complexity index is 1720. The minimum absolute atomic E-state index is 0.0997. The van der Waals surface area contributed by atoms with Gasteiger partial charge in [-0.2, -0.15) is 4.98 Å². The molecule has 14 heteroatoms. The van der Waals surface area contributed by atoms with E-state index >= 15 is 0 Å². The van der Waals surface area contributed by atoms with Crippen LogP contribution in [0.4, 0.5) is 27.5 Å². The molecule has 0 aliphatic carbocycles. The zero-order chi connectivity index (χ0) is 31.7. The van der Waals surface area contributed by atoms with Crippen LogP contribution in [0.15, 0.2) is 45.7 Å². The van der Waals surface area contributed by atoms with E-state index in [1.165, 1.54) is 17.7 Å². The minimum atomic E-state index is -4.09. The maximum absolute atomic E-state index is 14.2.